The molecule has 1 aliphatic heterocycles. The smallest absolute Gasteiger partial charge is 0.243 e. The first-order valence-electron chi connectivity index (χ1n) is 12.2. The Morgan fingerprint density at radius 3 is 2.33 bits per heavy atom. The highest BCUT2D eigenvalue weighted by atomic mass is 32.2. The lowest BCUT2D eigenvalue weighted by Crippen LogP contribution is -2.51. The van der Waals surface area contributed by atoms with Crippen molar-refractivity contribution >= 4 is 21.9 Å². The maximum Gasteiger partial charge on any atom is 0.243 e. The zero-order valence-electron chi connectivity index (χ0n) is 21.9. The predicted octanol–water partition coefficient (Wildman–Crippen LogP) is 2.31. The van der Waals surface area contributed by atoms with Crippen molar-refractivity contribution < 1.29 is 27.0 Å². The van der Waals surface area contributed by atoms with Gasteiger partial charge in [-0.15, -0.1) is 10.2 Å². The molecule has 0 amide bonds. The standard InChI is InChI=1S/C25H27FN8O5S/c1-37-18-10-19(15-33(14-18)24-28-12-17(26)13-29-24)40(35,36)32-25-31-30-23(16-6-5-9-27-11-16)34(25)22-20(38-2)7-4-8-21(22)39-3/h4-9,11-13,18-19H,10,14-15H2,1-3H3,(H,31,32)/t18-,19-/m0/s1. The molecular weight excluding hydrogens is 543 g/mol. The maximum absolute atomic E-state index is 13.8. The molecule has 2 atom stereocenters. The number of ether oxygens (including phenoxy) is 3. The Labute approximate surface area is 230 Å². The van der Waals surface area contributed by atoms with Crippen LogP contribution in [0.5, 0.6) is 11.5 Å². The minimum absolute atomic E-state index is 0.0441. The van der Waals surface area contributed by atoms with E-state index >= 15 is 0 Å². The van der Waals surface area contributed by atoms with Crippen LogP contribution in [0.15, 0.2) is 55.1 Å². The summed E-state index contributed by atoms with van der Waals surface area (Å²) >= 11 is 0. The van der Waals surface area contributed by atoms with Crippen LogP contribution in [0.4, 0.5) is 16.3 Å². The first kappa shape index (κ1) is 27.2. The van der Waals surface area contributed by atoms with E-state index in [-0.39, 0.29) is 24.9 Å². The molecule has 40 heavy (non-hydrogen) atoms. The lowest BCUT2D eigenvalue weighted by molar-refractivity contribution is 0.0898. The molecule has 4 heterocycles. The maximum atomic E-state index is 13.8. The second-order valence-corrected chi connectivity index (χ2v) is 10.9. The highest BCUT2D eigenvalue weighted by Gasteiger charge is 2.38. The number of sulfonamides is 1. The van der Waals surface area contributed by atoms with Crippen LogP contribution in [0.1, 0.15) is 6.42 Å². The average Bonchev–Trinajstić information content (AvgIpc) is 3.39. The molecule has 3 aromatic heterocycles. The molecule has 15 heteroatoms. The van der Waals surface area contributed by atoms with Gasteiger partial charge in [-0.3, -0.25) is 14.3 Å². The third-order valence-corrected chi connectivity index (χ3v) is 8.16. The number of nitrogens with zero attached hydrogens (tertiary/aromatic N) is 7. The highest BCUT2D eigenvalue weighted by Crippen LogP contribution is 2.38. The minimum atomic E-state index is -4.09. The van der Waals surface area contributed by atoms with Crippen LogP contribution >= 0.6 is 0 Å². The summed E-state index contributed by atoms with van der Waals surface area (Å²) in [5, 5.41) is 7.54. The summed E-state index contributed by atoms with van der Waals surface area (Å²) in [5.41, 5.74) is 0.985. The zero-order chi connectivity index (χ0) is 28.3. The Kier molecular flexibility index (Phi) is 7.75. The monoisotopic (exact) mass is 570 g/mol. The molecule has 0 spiro atoms. The highest BCUT2D eigenvalue weighted by molar-refractivity contribution is 7.93. The van der Waals surface area contributed by atoms with Crippen molar-refractivity contribution in [2.24, 2.45) is 0 Å². The summed E-state index contributed by atoms with van der Waals surface area (Å²) in [6.45, 7) is 0.385. The fourth-order valence-corrected chi connectivity index (χ4v) is 5.94. The second kappa shape index (κ2) is 11.4. The van der Waals surface area contributed by atoms with Gasteiger partial charge in [-0.05, 0) is 30.7 Å². The minimum Gasteiger partial charge on any atom is -0.494 e. The van der Waals surface area contributed by atoms with Crippen molar-refractivity contribution in [1.29, 1.82) is 0 Å². The number of pyridine rings is 1. The largest absolute Gasteiger partial charge is 0.494 e. The molecule has 4 aromatic rings. The first-order chi connectivity index (χ1) is 19.3. The number of hydrogen-bond acceptors (Lipinski definition) is 11. The van der Waals surface area contributed by atoms with Crippen LogP contribution < -0.4 is 19.1 Å². The Hall–Kier alpha value is -4.37. The fraction of sp³-hybridized carbons (Fsp3) is 0.320. The summed E-state index contributed by atoms with van der Waals surface area (Å²) in [6.07, 6.45) is 5.02. The van der Waals surface area contributed by atoms with Gasteiger partial charge < -0.3 is 19.1 Å². The second-order valence-electron chi connectivity index (χ2n) is 8.90. The molecule has 5 rings (SSSR count). The van der Waals surface area contributed by atoms with Crippen LogP contribution in [-0.2, 0) is 14.8 Å². The normalized spacial score (nSPS) is 17.4. The molecule has 0 saturated carbocycles. The van der Waals surface area contributed by atoms with Crippen LogP contribution in [0.25, 0.3) is 17.1 Å². The van der Waals surface area contributed by atoms with Crippen molar-refractivity contribution in [2.45, 2.75) is 17.8 Å². The van der Waals surface area contributed by atoms with Crippen molar-refractivity contribution in [3.05, 3.63) is 60.9 Å². The summed E-state index contributed by atoms with van der Waals surface area (Å²) in [6, 6.07) is 8.69. The quantitative estimate of drug-likeness (QED) is 0.316. The number of nitrogens with one attached hydrogen (secondary N) is 1. The number of halogens is 1. The van der Waals surface area contributed by atoms with Crippen molar-refractivity contribution in [3.63, 3.8) is 0 Å². The topological polar surface area (TPSA) is 146 Å². The molecule has 1 saturated heterocycles. The van der Waals surface area contributed by atoms with Crippen LogP contribution in [0, 0.1) is 5.82 Å². The lowest BCUT2D eigenvalue weighted by Gasteiger charge is -2.36. The van der Waals surface area contributed by atoms with E-state index < -0.39 is 27.2 Å². The Bertz CT molecular complexity index is 1550. The summed E-state index contributed by atoms with van der Waals surface area (Å²) < 4.78 is 61.9. The molecule has 0 aliphatic carbocycles. The van der Waals surface area contributed by atoms with Gasteiger partial charge in [0.25, 0.3) is 0 Å². The van der Waals surface area contributed by atoms with E-state index in [9.17, 15) is 12.8 Å². The Morgan fingerprint density at radius 2 is 1.70 bits per heavy atom. The molecule has 1 N–H and O–H groups in total. The summed E-state index contributed by atoms with van der Waals surface area (Å²) in [5.74, 6) is 0.650. The van der Waals surface area contributed by atoms with E-state index in [2.05, 4.69) is 29.9 Å². The molecule has 1 aromatic carbocycles. The number of hydrogen-bond donors (Lipinski definition) is 1. The van der Waals surface area contributed by atoms with Gasteiger partial charge in [-0.25, -0.2) is 22.8 Å². The van der Waals surface area contributed by atoms with Crippen molar-refractivity contribution in [3.8, 4) is 28.6 Å². The first-order valence-corrected chi connectivity index (χ1v) is 13.7. The molecule has 210 valence electrons. The third kappa shape index (κ3) is 5.37. The molecule has 13 nitrogen and oxygen atoms in total. The Balaban J connectivity index is 1.56. The van der Waals surface area contributed by atoms with Gasteiger partial charge in [0.05, 0.1) is 32.7 Å². The molecule has 0 unspecified atom stereocenters. The van der Waals surface area contributed by atoms with Gasteiger partial charge in [0.15, 0.2) is 11.6 Å². The number of aromatic nitrogens is 6. The van der Waals surface area contributed by atoms with E-state index in [1.807, 2.05) is 0 Å². The van der Waals surface area contributed by atoms with Gasteiger partial charge >= 0.3 is 0 Å². The van der Waals surface area contributed by atoms with Gasteiger partial charge in [0.1, 0.15) is 22.4 Å². The van der Waals surface area contributed by atoms with E-state index in [0.717, 1.165) is 12.4 Å². The van der Waals surface area contributed by atoms with Crippen LogP contribution in [-0.4, -0.2) is 83.9 Å². The number of piperidine rings is 1. The molecule has 0 bridgehead atoms. The SMILES string of the molecule is COc1cccc(OC)c1-n1c(NS(=O)(=O)[C@H]2C[C@H](OC)CN(c3ncc(F)cn3)C2)nnc1-c1cccnc1. The van der Waals surface area contributed by atoms with Gasteiger partial charge in [0, 0.05) is 38.2 Å². The fourth-order valence-electron chi connectivity index (χ4n) is 4.54. The molecular formula is C25H27FN8O5S. The number of benzene rings is 1. The predicted molar refractivity (Wildman–Crippen MR) is 144 cm³/mol. The number of para-hydroxylation sites is 1. The van der Waals surface area contributed by atoms with Crippen LogP contribution in [0.2, 0.25) is 0 Å². The molecule has 0 radical (unpaired) electrons. The lowest BCUT2D eigenvalue weighted by atomic mass is 10.1. The zero-order valence-corrected chi connectivity index (χ0v) is 22.7. The van der Waals surface area contributed by atoms with Gasteiger partial charge in [-0.1, -0.05) is 6.07 Å². The van der Waals surface area contributed by atoms with Crippen LogP contribution in [0.3, 0.4) is 0 Å². The molecule has 1 aliphatic rings. The number of rotatable bonds is 9. The Morgan fingerprint density at radius 1 is 0.975 bits per heavy atom. The number of methoxy groups -OCH3 is 3. The summed E-state index contributed by atoms with van der Waals surface area (Å²) in [7, 11) is 0.403. The molecule has 1 fully saturated rings. The van der Waals surface area contributed by atoms with E-state index in [1.54, 1.807) is 47.6 Å². The van der Waals surface area contributed by atoms with Crippen molar-refractivity contribution in [2.75, 3.05) is 44.0 Å². The van der Waals surface area contributed by atoms with E-state index in [0.29, 0.717) is 35.1 Å². The van der Waals surface area contributed by atoms with Gasteiger partial charge in [-0.2, -0.15) is 0 Å². The third-order valence-electron chi connectivity index (χ3n) is 6.48. The number of anilines is 2. The van der Waals surface area contributed by atoms with E-state index in [1.165, 1.54) is 25.9 Å². The average molecular weight is 571 g/mol. The van der Waals surface area contributed by atoms with Crippen molar-refractivity contribution in [1.82, 2.24) is 29.7 Å². The van der Waals surface area contributed by atoms with Gasteiger partial charge in [0.2, 0.25) is 21.9 Å². The summed E-state index contributed by atoms with van der Waals surface area (Å²) in [4.78, 5) is 13.8. The van der Waals surface area contributed by atoms with E-state index in [4.69, 9.17) is 14.2 Å².